The van der Waals surface area contributed by atoms with E-state index < -0.39 is 0 Å². The van der Waals surface area contributed by atoms with Gasteiger partial charge in [-0.15, -0.1) is 0 Å². The molecular weight excluding hydrogens is 416 g/mol. The van der Waals surface area contributed by atoms with Crippen LogP contribution < -0.4 is 0 Å². The standard InChI is InChI=1S/C9H7N.CHNS.2CNS.Cu.4H2N/c1-2-6-9-8(4-1)5-3-7-10-9;3*2-1-3;;;;;/h1-7H;3H;;;;4*1H2/q;;2*-1;+2;4*-1. The van der Waals surface area contributed by atoms with Crippen molar-refractivity contribution in [2.75, 3.05) is 0 Å². The van der Waals surface area contributed by atoms with Gasteiger partial charge < -0.3 is 35.4 Å². The number of thiocyanates is 1. The number of isothiocyanates is 2. The first-order valence-electron chi connectivity index (χ1n) is 4.57. The minimum absolute atomic E-state index is 0. The van der Waals surface area contributed by atoms with Crippen molar-refractivity contribution in [1.29, 1.82) is 5.26 Å². The van der Waals surface area contributed by atoms with Crippen molar-refractivity contribution >= 4 is 58.3 Å². The number of nitriles is 1. The summed E-state index contributed by atoms with van der Waals surface area (Å²) in [6, 6.07) is 12.1. The van der Waals surface area contributed by atoms with Crippen LogP contribution in [0.3, 0.4) is 0 Å². The molecule has 1 radical (unpaired) electrons. The van der Waals surface area contributed by atoms with E-state index in [-0.39, 0.29) is 41.7 Å². The van der Waals surface area contributed by atoms with Crippen LogP contribution in [0, 0.1) is 10.7 Å². The first-order valence-corrected chi connectivity index (χ1v) is 5.83. The largest absolute Gasteiger partial charge is 2.00 e. The van der Waals surface area contributed by atoms with Crippen LogP contribution in [-0.2, 0) is 17.1 Å². The minimum atomic E-state index is 0. The molecular formula is C12H16CuN8S3-4. The Balaban J connectivity index is -0.0000000364. The molecule has 2 aromatic rings. The molecule has 1 aromatic heterocycles. The molecule has 1 aromatic carbocycles. The summed E-state index contributed by atoms with van der Waals surface area (Å²) in [5, 5.41) is 26.8. The molecule has 12 heteroatoms. The van der Waals surface area contributed by atoms with Crippen LogP contribution in [0.4, 0.5) is 0 Å². The molecule has 137 valence electrons. The van der Waals surface area contributed by atoms with Gasteiger partial charge in [-0.2, -0.15) is 15.6 Å². The third-order valence-electron chi connectivity index (χ3n) is 1.51. The summed E-state index contributed by atoms with van der Waals surface area (Å²) >= 11 is 10.5. The smallest absolute Gasteiger partial charge is 0.753 e. The van der Waals surface area contributed by atoms with Crippen LogP contribution in [0.5, 0.6) is 0 Å². The van der Waals surface area contributed by atoms with Gasteiger partial charge >= 0.3 is 17.1 Å². The predicted molar refractivity (Wildman–Crippen MR) is 109 cm³/mol. The number of nitrogens with two attached hydrogens (primary N) is 4. The molecule has 24 heavy (non-hydrogen) atoms. The van der Waals surface area contributed by atoms with Gasteiger partial charge in [0, 0.05) is 11.6 Å². The molecule has 0 atom stereocenters. The zero-order valence-corrected chi connectivity index (χ0v) is 15.7. The number of rotatable bonds is 0. The number of nitrogens with zero attached hydrogens (tertiary/aromatic N) is 4. The molecule has 0 aliphatic rings. The average Bonchev–Trinajstić information content (AvgIpc) is 2.42. The van der Waals surface area contributed by atoms with Crippen LogP contribution in [0.15, 0.2) is 42.6 Å². The summed E-state index contributed by atoms with van der Waals surface area (Å²) in [5.41, 5.74) is 1.06. The van der Waals surface area contributed by atoms with Crippen molar-refractivity contribution in [2.24, 2.45) is 0 Å². The molecule has 2 rings (SSSR count). The second-order valence-electron chi connectivity index (χ2n) is 2.48. The number of benzene rings is 1. The number of hydrogen-bond acceptors (Lipinski definition) is 5. The average molecular weight is 432 g/mol. The van der Waals surface area contributed by atoms with E-state index in [2.05, 4.69) is 54.2 Å². The van der Waals surface area contributed by atoms with Crippen molar-refractivity contribution in [3.63, 3.8) is 0 Å². The van der Waals surface area contributed by atoms with Gasteiger partial charge in [0.25, 0.3) is 0 Å². The summed E-state index contributed by atoms with van der Waals surface area (Å²) in [5.74, 6) is 0. The van der Waals surface area contributed by atoms with E-state index in [4.69, 9.17) is 16.1 Å². The fraction of sp³-hybridized carbons (Fsp3) is 0. The van der Waals surface area contributed by atoms with E-state index in [0.29, 0.717) is 0 Å². The van der Waals surface area contributed by atoms with Gasteiger partial charge in [0.05, 0.1) is 5.52 Å². The molecule has 0 unspecified atom stereocenters. The maximum Gasteiger partial charge on any atom is 2.00 e. The monoisotopic (exact) mass is 431 g/mol. The van der Waals surface area contributed by atoms with E-state index in [9.17, 15) is 0 Å². The Kier molecular flexibility index (Phi) is 67.7. The van der Waals surface area contributed by atoms with Crippen LogP contribution in [0.1, 0.15) is 0 Å². The summed E-state index contributed by atoms with van der Waals surface area (Å²) in [4.78, 5) is 4.18. The number of aromatic nitrogens is 1. The van der Waals surface area contributed by atoms with Crippen molar-refractivity contribution in [2.45, 2.75) is 0 Å². The van der Waals surface area contributed by atoms with E-state index >= 15 is 0 Å². The van der Waals surface area contributed by atoms with Crippen molar-refractivity contribution < 1.29 is 17.1 Å². The van der Waals surface area contributed by atoms with E-state index in [1.165, 1.54) is 21.1 Å². The van der Waals surface area contributed by atoms with Gasteiger partial charge in [-0.3, -0.25) is 4.98 Å². The molecule has 0 saturated heterocycles. The Morgan fingerprint density at radius 3 is 1.62 bits per heavy atom. The van der Waals surface area contributed by atoms with E-state index in [1.54, 1.807) is 0 Å². The van der Waals surface area contributed by atoms with Gasteiger partial charge in [-0.05, 0) is 12.1 Å². The normalized spacial score (nSPS) is 5.17. The molecule has 0 amide bonds. The first kappa shape index (κ1) is 43.3. The molecule has 0 spiro atoms. The van der Waals surface area contributed by atoms with Crippen LogP contribution in [0.25, 0.3) is 46.3 Å². The Bertz CT molecular complexity index is 517. The van der Waals surface area contributed by atoms with Crippen molar-refractivity contribution in [3.8, 4) is 5.40 Å². The second-order valence-corrected chi connectivity index (χ2v) is 3.04. The summed E-state index contributed by atoms with van der Waals surface area (Å²) < 4.78 is 0. The molecule has 8 N–H and O–H groups in total. The number of hydrogen-bond donors (Lipinski definition) is 1. The van der Waals surface area contributed by atoms with Crippen LogP contribution in [0.2, 0.25) is 0 Å². The number of thiocarbonyl (C=S) groups is 2. The fourth-order valence-corrected chi connectivity index (χ4v) is 1.02. The Morgan fingerprint density at radius 2 is 1.25 bits per heavy atom. The van der Waals surface area contributed by atoms with Crippen molar-refractivity contribution in [3.05, 3.63) is 78.0 Å². The van der Waals surface area contributed by atoms with Gasteiger partial charge in [0.15, 0.2) is 0 Å². The maximum atomic E-state index is 7.18. The summed E-state index contributed by atoms with van der Waals surface area (Å²) in [7, 11) is 0. The van der Waals surface area contributed by atoms with Crippen LogP contribution >= 0.6 is 37.1 Å². The van der Waals surface area contributed by atoms with Gasteiger partial charge in [-0.25, -0.2) is 0 Å². The topological polar surface area (TPSA) is 215 Å². The quantitative estimate of drug-likeness (QED) is 0.156. The predicted octanol–water partition coefficient (Wildman–Crippen LogP) is 6.82. The Hall–Kier alpha value is -1.57. The SMILES string of the molecule is N#CS.[Cu+2].[N-]=C=S.[N-]=C=S.[NH2-].[NH2-].[NH2-].[NH2-].c1ccc2ncccc2c1. The zero-order chi connectivity index (χ0) is 14.9. The third kappa shape index (κ3) is 28.6. The van der Waals surface area contributed by atoms with Gasteiger partial charge in [0.2, 0.25) is 0 Å². The Morgan fingerprint density at radius 1 is 0.917 bits per heavy atom. The second kappa shape index (κ2) is 37.6. The van der Waals surface area contributed by atoms with Crippen LogP contribution in [-0.4, -0.2) is 15.3 Å². The van der Waals surface area contributed by atoms with Crippen molar-refractivity contribution in [1.82, 2.24) is 4.98 Å². The number of thiol groups is 1. The number of fused-ring (bicyclic) bond motifs is 1. The minimum Gasteiger partial charge on any atom is -0.753 e. The van der Waals surface area contributed by atoms with Gasteiger partial charge in [-0.1, -0.05) is 61.3 Å². The molecule has 0 aliphatic heterocycles. The maximum absolute atomic E-state index is 7.18. The Labute approximate surface area is 168 Å². The van der Waals surface area contributed by atoms with Gasteiger partial charge in [0.1, 0.15) is 5.40 Å². The number of pyridine rings is 1. The third-order valence-corrected chi connectivity index (χ3v) is 1.51. The molecule has 8 nitrogen and oxygen atoms in total. The summed E-state index contributed by atoms with van der Waals surface area (Å²) in [6.07, 6.45) is 1.81. The fourth-order valence-electron chi connectivity index (χ4n) is 1.02. The molecule has 1 heterocycles. The first-order chi connectivity index (χ1) is 9.21. The van der Waals surface area contributed by atoms with E-state index in [1.807, 2.05) is 30.5 Å². The number of para-hydroxylation sites is 1. The zero-order valence-electron chi connectivity index (χ0n) is 12.2. The molecule has 0 fully saturated rings. The molecule has 0 bridgehead atoms. The summed E-state index contributed by atoms with van der Waals surface area (Å²) in [6.45, 7) is 0. The molecule has 0 saturated carbocycles. The van der Waals surface area contributed by atoms with E-state index in [0.717, 1.165) is 5.52 Å². The molecule has 0 aliphatic carbocycles.